The van der Waals surface area contributed by atoms with Gasteiger partial charge in [-0.1, -0.05) is 44.5 Å². The lowest BCUT2D eigenvalue weighted by molar-refractivity contribution is 0.0946. The predicted molar refractivity (Wildman–Crippen MR) is 85.1 cm³/mol. The van der Waals surface area contributed by atoms with Crippen LogP contribution in [0.1, 0.15) is 63.1 Å². The molecule has 0 aromatic heterocycles. The van der Waals surface area contributed by atoms with Crippen molar-refractivity contribution in [1.82, 2.24) is 5.32 Å². The van der Waals surface area contributed by atoms with Gasteiger partial charge < -0.3 is 10.1 Å². The molecule has 1 aliphatic heterocycles. The number of ether oxygens (including phenoxy) is 1. The molecule has 1 aromatic carbocycles. The van der Waals surface area contributed by atoms with Crippen LogP contribution in [0, 0.1) is 0 Å². The summed E-state index contributed by atoms with van der Waals surface area (Å²) in [5.74, 6) is 0. The fourth-order valence-electron chi connectivity index (χ4n) is 2.95. The fraction of sp³-hybridized carbons (Fsp3) is 0.667. The zero-order valence-electron chi connectivity index (χ0n) is 13.0. The van der Waals surface area contributed by atoms with E-state index in [-0.39, 0.29) is 0 Å². The smallest absolute Gasteiger partial charge is 0.0594 e. The minimum absolute atomic E-state index is 0.439. The Morgan fingerprint density at radius 1 is 1.20 bits per heavy atom. The lowest BCUT2D eigenvalue weighted by Crippen LogP contribution is -2.26. The van der Waals surface area contributed by atoms with Gasteiger partial charge >= 0.3 is 0 Å². The van der Waals surface area contributed by atoms with Gasteiger partial charge in [0.1, 0.15) is 0 Å². The Balaban J connectivity index is 1.99. The molecule has 0 amide bonds. The van der Waals surface area contributed by atoms with E-state index in [0.29, 0.717) is 12.1 Å². The Hall–Kier alpha value is -0.860. The maximum absolute atomic E-state index is 5.81. The van der Waals surface area contributed by atoms with Crippen LogP contribution in [0.2, 0.25) is 0 Å². The molecule has 20 heavy (non-hydrogen) atoms. The molecule has 1 saturated heterocycles. The van der Waals surface area contributed by atoms with Gasteiger partial charge in [-0.2, -0.15) is 0 Å². The number of aryl methyl sites for hydroxylation is 1. The molecule has 1 heterocycles. The summed E-state index contributed by atoms with van der Waals surface area (Å²) in [5, 5.41) is 3.68. The second-order valence-corrected chi connectivity index (χ2v) is 5.87. The van der Waals surface area contributed by atoms with Crippen molar-refractivity contribution in [2.45, 2.75) is 64.5 Å². The van der Waals surface area contributed by atoms with Crippen molar-refractivity contribution in [2.24, 2.45) is 0 Å². The normalized spacial score (nSPS) is 20.2. The van der Waals surface area contributed by atoms with Crippen molar-refractivity contribution in [3.05, 3.63) is 35.4 Å². The van der Waals surface area contributed by atoms with Crippen LogP contribution in [0.15, 0.2) is 24.3 Å². The third kappa shape index (κ3) is 4.60. The van der Waals surface area contributed by atoms with E-state index in [2.05, 4.69) is 43.4 Å². The van der Waals surface area contributed by atoms with Crippen molar-refractivity contribution in [3.63, 3.8) is 0 Å². The number of rotatable bonds is 8. The second kappa shape index (κ2) is 8.43. The standard InChI is InChI=1S/C18H29NO/c1-3-6-15-8-10-16(11-9-15)18(19-12-4-2)14-17-7-5-13-20-17/h8-11,17-19H,3-7,12-14H2,1-2H3. The van der Waals surface area contributed by atoms with E-state index in [0.717, 1.165) is 19.6 Å². The summed E-state index contributed by atoms with van der Waals surface area (Å²) in [4.78, 5) is 0. The topological polar surface area (TPSA) is 21.3 Å². The van der Waals surface area contributed by atoms with Crippen LogP contribution in [0.4, 0.5) is 0 Å². The van der Waals surface area contributed by atoms with Crippen LogP contribution in [0.5, 0.6) is 0 Å². The third-order valence-corrected chi connectivity index (χ3v) is 4.08. The molecule has 1 aromatic rings. The van der Waals surface area contributed by atoms with Gasteiger partial charge in [-0.15, -0.1) is 0 Å². The predicted octanol–water partition coefficient (Wildman–Crippen LogP) is 4.25. The molecule has 0 bridgehead atoms. The fourth-order valence-corrected chi connectivity index (χ4v) is 2.95. The first-order valence-electron chi connectivity index (χ1n) is 8.27. The number of nitrogens with one attached hydrogen (secondary N) is 1. The van der Waals surface area contributed by atoms with E-state index >= 15 is 0 Å². The molecular formula is C18H29NO. The van der Waals surface area contributed by atoms with Crippen molar-refractivity contribution in [2.75, 3.05) is 13.2 Å². The third-order valence-electron chi connectivity index (χ3n) is 4.08. The Morgan fingerprint density at radius 2 is 2.00 bits per heavy atom. The van der Waals surface area contributed by atoms with Gasteiger partial charge in [0.15, 0.2) is 0 Å². The van der Waals surface area contributed by atoms with E-state index in [1.54, 1.807) is 0 Å². The van der Waals surface area contributed by atoms with E-state index in [4.69, 9.17) is 4.74 Å². The van der Waals surface area contributed by atoms with E-state index < -0.39 is 0 Å². The van der Waals surface area contributed by atoms with Crippen LogP contribution in [0.3, 0.4) is 0 Å². The second-order valence-electron chi connectivity index (χ2n) is 5.87. The highest BCUT2D eigenvalue weighted by atomic mass is 16.5. The summed E-state index contributed by atoms with van der Waals surface area (Å²) in [5.41, 5.74) is 2.86. The summed E-state index contributed by atoms with van der Waals surface area (Å²) in [7, 11) is 0. The van der Waals surface area contributed by atoms with Crippen molar-refractivity contribution in [1.29, 1.82) is 0 Å². The van der Waals surface area contributed by atoms with Crippen LogP contribution in [-0.2, 0) is 11.2 Å². The van der Waals surface area contributed by atoms with Gasteiger partial charge in [-0.25, -0.2) is 0 Å². The largest absolute Gasteiger partial charge is 0.378 e. The average Bonchev–Trinajstić information content (AvgIpc) is 2.98. The zero-order chi connectivity index (χ0) is 14.2. The first-order chi connectivity index (χ1) is 9.83. The van der Waals surface area contributed by atoms with Crippen molar-refractivity contribution in [3.8, 4) is 0 Å². The highest BCUT2D eigenvalue weighted by molar-refractivity contribution is 5.25. The summed E-state index contributed by atoms with van der Waals surface area (Å²) in [6, 6.07) is 9.61. The molecule has 0 saturated carbocycles. The number of hydrogen-bond donors (Lipinski definition) is 1. The zero-order valence-corrected chi connectivity index (χ0v) is 13.0. The van der Waals surface area contributed by atoms with Crippen LogP contribution in [0.25, 0.3) is 0 Å². The molecule has 2 nitrogen and oxygen atoms in total. The monoisotopic (exact) mass is 275 g/mol. The highest BCUT2D eigenvalue weighted by Crippen LogP contribution is 2.25. The first-order valence-corrected chi connectivity index (χ1v) is 8.27. The molecule has 1 N–H and O–H groups in total. The van der Waals surface area contributed by atoms with Gasteiger partial charge in [0.25, 0.3) is 0 Å². The first kappa shape index (κ1) is 15.5. The van der Waals surface area contributed by atoms with Crippen LogP contribution >= 0.6 is 0 Å². The lowest BCUT2D eigenvalue weighted by Gasteiger charge is -2.22. The molecule has 1 aliphatic rings. The summed E-state index contributed by atoms with van der Waals surface area (Å²) in [6.45, 7) is 6.48. The van der Waals surface area contributed by atoms with Crippen molar-refractivity contribution < 1.29 is 4.74 Å². The maximum Gasteiger partial charge on any atom is 0.0594 e. The summed E-state index contributed by atoms with van der Waals surface area (Å²) < 4.78 is 5.81. The van der Waals surface area contributed by atoms with Gasteiger partial charge in [0.05, 0.1) is 6.10 Å². The Morgan fingerprint density at radius 3 is 2.60 bits per heavy atom. The lowest BCUT2D eigenvalue weighted by atomic mass is 9.97. The Bertz CT molecular complexity index is 368. The number of hydrogen-bond acceptors (Lipinski definition) is 2. The molecule has 0 aliphatic carbocycles. The molecular weight excluding hydrogens is 246 g/mol. The van der Waals surface area contributed by atoms with Gasteiger partial charge in [-0.05, 0) is 49.8 Å². The molecule has 2 unspecified atom stereocenters. The van der Waals surface area contributed by atoms with Crippen molar-refractivity contribution >= 4 is 0 Å². The quantitative estimate of drug-likeness (QED) is 0.766. The van der Waals surface area contributed by atoms with Gasteiger partial charge in [-0.3, -0.25) is 0 Å². The molecule has 112 valence electrons. The highest BCUT2D eigenvalue weighted by Gasteiger charge is 2.21. The number of benzene rings is 1. The van der Waals surface area contributed by atoms with Crippen LogP contribution in [-0.4, -0.2) is 19.3 Å². The van der Waals surface area contributed by atoms with Gasteiger partial charge in [0, 0.05) is 12.6 Å². The minimum Gasteiger partial charge on any atom is -0.378 e. The molecule has 2 heteroatoms. The average molecular weight is 275 g/mol. The van der Waals surface area contributed by atoms with Gasteiger partial charge in [0.2, 0.25) is 0 Å². The molecule has 0 radical (unpaired) electrons. The van der Waals surface area contributed by atoms with Crippen LogP contribution < -0.4 is 5.32 Å². The Labute approximate surface area is 123 Å². The summed E-state index contributed by atoms with van der Waals surface area (Å²) >= 11 is 0. The Kier molecular flexibility index (Phi) is 6.55. The SMILES string of the molecule is CCCNC(CC1CCCO1)c1ccc(CCC)cc1. The van der Waals surface area contributed by atoms with E-state index in [1.807, 2.05) is 0 Å². The molecule has 2 atom stereocenters. The molecule has 1 fully saturated rings. The maximum atomic E-state index is 5.81. The summed E-state index contributed by atoms with van der Waals surface area (Å²) in [6.07, 6.45) is 7.56. The van der Waals surface area contributed by atoms with E-state index in [1.165, 1.54) is 43.2 Å². The molecule has 0 spiro atoms. The molecule has 2 rings (SSSR count). The van der Waals surface area contributed by atoms with E-state index in [9.17, 15) is 0 Å². The minimum atomic E-state index is 0.439.